The Morgan fingerprint density at radius 3 is 1.28 bits per heavy atom. The Bertz CT molecular complexity index is 1880. The summed E-state index contributed by atoms with van der Waals surface area (Å²) in [5.41, 5.74) is 2.80. The predicted molar refractivity (Wildman–Crippen MR) is 161 cm³/mol. The van der Waals surface area contributed by atoms with Gasteiger partial charge in [0.25, 0.3) is 0 Å². The van der Waals surface area contributed by atoms with Crippen molar-refractivity contribution in [3.63, 3.8) is 0 Å². The number of aromatic carboxylic acids is 4. The summed E-state index contributed by atoms with van der Waals surface area (Å²) in [6.07, 6.45) is 0. The second-order valence-electron chi connectivity index (χ2n) is 10.0. The average molecular weight is 576 g/mol. The van der Waals surface area contributed by atoms with Crippen LogP contribution in [0.4, 0.5) is 17.1 Å². The van der Waals surface area contributed by atoms with Crippen molar-refractivity contribution in [1.82, 2.24) is 0 Å². The molecule has 0 aliphatic carbocycles. The van der Waals surface area contributed by atoms with Gasteiger partial charge in [0.05, 0.1) is 22.3 Å². The number of rotatable bonds is 8. The van der Waals surface area contributed by atoms with E-state index in [0.29, 0.717) is 5.56 Å². The lowest BCUT2D eigenvalue weighted by Gasteiger charge is -2.26. The van der Waals surface area contributed by atoms with Crippen molar-refractivity contribution in [2.24, 2.45) is 0 Å². The Kier molecular flexibility index (Phi) is 7.40. The van der Waals surface area contributed by atoms with Gasteiger partial charge in [0, 0.05) is 27.8 Å². The number of carboxylic acids is 4. The molecule has 0 aromatic heterocycles. The van der Waals surface area contributed by atoms with Crippen LogP contribution < -0.4 is 4.90 Å². The van der Waals surface area contributed by atoms with Crippen molar-refractivity contribution in [3.05, 3.63) is 124 Å². The molecule has 0 fully saturated rings. The van der Waals surface area contributed by atoms with Crippen LogP contribution in [0.3, 0.4) is 0 Å². The van der Waals surface area contributed by atoms with E-state index in [9.17, 15) is 39.6 Å². The molecule has 0 aliphatic rings. The number of carbonyl (C=O) groups is 4. The minimum Gasteiger partial charge on any atom is -0.478 e. The van der Waals surface area contributed by atoms with Gasteiger partial charge in [0.15, 0.2) is 0 Å². The summed E-state index contributed by atoms with van der Waals surface area (Å²) in [7, 11) is 0. The molecule has 43 heavy (non-hydrogen) atoms. The standard InChI is InChI=1S/C34H25NO8/c1-18-3-9-21(10-4-18)35(22-11-5-19(2)6-12-22)23-13-7-20(8-14-23)26-17-27(33(40)41)28-24(31(36)37)15-16-25(32(38)39)29(28)30(26)34(42)43/h3-17H,1-2H3,(H,36,37)(H,38,39)(H,40,41)(H,42,43). The van der Waals surface area contributed by atoms with Crippen molar-refractivity contribution in [3.8, 4) is 11.1 Å². The summed E-state index contributed by atoms with van der Waals surface area (Å²) >= 11 is 0. The summed E-state index contributed by atoms with van der Waals surface area (Å²) < 4.78 is 0. The molecule has 9 heteroatoms. The summed E-state index contributed by atoms with van der Waals surface area (Å²) in [6.45, 7) is 3.97. The normalized spacial score (nSPS) is 10.8. The fourth-order valence-electron chi connectivity index (χ4n) is 5.17. The highest BCUT2D eigenvalue weighted by Gasteiger charge is 2.29. The molecule has 0 amide bonds. The van der Waals surface area contributed by atoms with Crippen LogP contribution in [0.1, 0.15) is 52.6 Å². The van der Waals surface area contributed by atoms with Crippen LogP contribution in [0.25, 0.3) is 21.9 Å². The maximum atomic E-state index is 12.7. The molecule has 0 bridgehead atoms. The molecular weight excluding hydrogens is 550 g/mol. The summed E-state index contributed by atoms with van der Waals surface area (Å²) in [5, 5.41) is 39.0. The molecule has 0 atom stereocenters. The molecule has 4 N–H and O–H groups in total. The fraction of sp³-hybridized carbons (Fsp3) is 0.0588. The topological polar surface area (TPSA) is 152 Å². The number of carboxylic acid groups (broad SMARTS) is 4. The molecular formula is C34H25NO8. The van der Waals surface area contributed by atoms with E-state index in [4.69, 9.17) is 0 Å². The highest BCUT2D eigenvalue weighted by atomic mass is 16.4. The molecule has 0 heterocycles. The van der Waals surface area contributed by atoms with Gasteiger partial charge in [-0.1, -0.05) is 47.5 Å². The fourth-order valence-corrected chi connectivity index (χ4v) is 5.17. The number of hydrogen-bond acceptors (Lipinski definition) is 5. The predicted octanol–water partition coefficient (Wildman–Crippen LogP) is 7.39. The molecule has 0 saturated heterocycles. The van der Waals surface area contributed by atoms with Gasteiger partial charge in [0.2, 0.25) is 0 Å². The third-order valence-corrected chi connectivity index (χ3v) is 7.21. The van der Waals surface area contributed by atoms with Crippen LogP contribution >= 0.6 is 0 Å². The first-order valence-electron chi connectivity index (χ1n) is 13.1. The van der Waals surface area contributed by atoms with E-state index in [0.717, 1.165) is 46.4 Å². The lowest BCUT2D eigenvalue weighted by atomic mass is 9.86. The molecule has 5 aromatic rings. The zero-order chi connectivity index (χ0) is 31.0. The molecule has 0 spiro atoms. The minimum atomic E-state index is -1.54. The van der Waals surface area contributed by atoms with Gasteiger partial charge in [-0.2, -0.15) is 0 Å². The van der Waals surface area contributed by atoms with Gasteiger partial charge >= 0.3 is 23.9 Å². The maximum absolute atomic E-state index is 12.7. The van der Waals surface area contributed by atoms with Crippen LogP contribution in [0.15, 0.2) is 91.0 Å². The van der Waals surface area contributed by atoms with Crippen LogP contribution in [0.2, 0.25) is 0 Å². The van der Waals surface area contributed by atoms with Crippen molar-refractivity contribution >= 4 is 51.7 Å². The molecule has 5 rings (SSSR count). The molecule has 0 unspecified atom stereocenters. The molecule has 0 radical (unpaired) electrons. The Balaban J connectivity index is 1.76. The molecule has 214 valence electrons. The van der Waals surface area contributed by atoms with Crippen molar-refractivity contribution in [2.45, 2.75) is 13.8 Å². The molecule has 9 nitrogen and oxygen atoms in total. The van der Waals surface area contributed by atoms with Crippen LogP contribution in [-0.2, 0) is 0 Å². The second kappa shape index (κ2) is 11.1. The van der Waals surface area contributed by atoms with Crippen molar-refractivity contribution in [1.29, 1.82) is 0 Å². The molecule has 0 saturated carbocycles. The van der Waals surface area contributed by atoms with Gasteiger partial charge in [-0.05, 0) is 79.6 Å². The lowest BCUT2D eigenvalue weighted by Crippen LogP contribution is -2.13. The van der Waals surface area contributed by atoms with E-state index in [-0.39, 0.29) is 5.56 Å². The van der Waals surface area contributed by atoms with Crippen LogP contribution in [0, 0.1) is 13.8 Å². The summed E-state index contributed by atoms with van der Waals surface area (Å²) in [4.78, 5) is 51.1. The van der Waals surface area contributed by atoms with E-state index in [1.54, 1.807) is 24.3 Å². The quantitative estimate of drug-likeness (QED) is 0.148. The van der Waals surface area contributed by atoms with Gasteiger partial charge in [-0.3, -0.25) is 0 Å². The minimum absolute atomic E-state index is 0.0637. The maximum Gasteiger partial charge on any atom is 0.336 e. The van der Waals surface area contributed by atoms with Crippen molar-refractivity contribution in [2.75, 3.05) is 4.90 Å². The van der Waals surface area contributed by atoms with Gasteiger partial charge in [-0.25, -0.2) is 19.2 Å². The number of anilines is 3. The van der Waals surface area contributed by atoms with Crippen LogP contribution in [-0.4, -0.2) is 44.3 Å². The van der Waals surface area contributed by atoms with Crippen LogP contribution in [0.5, 0.6) is 0 Å². The lowest BCUT2D eigenvalue weighted by molar-refractivity contribution is 0.0675. The zero-order valence-electron chi connectivity index (χ0n) is 23.0. The Morgan fingerprint density at radius 2 is 0.884 bits per heavy atom. The second-order valence-corrected chi connectivity index (χ2v) is 10.0. The number of aryl methyl sites for hydroxylation is 2. The highest BCUT2D eigenvalue weighted by molar-refractivity contribution is 6.24. The first kappa shape index (κ1) is 28.6. The smallest absolute Gasteiger partial charge is 0.336 e. The molecule has 0 aliphatic heterocycles. The Morgan fingerprint density at radius 1 is 0.488 bits per heavy atom. The highest BCUT2D eigenvalue weighted by Crippen LogP contribution is 2.40. The molecule has 5 aromatic carbocycles. The first-order chi connectivity index (χ1) is 20.5. The number of hydrogen-bond donors (Lipinski definition) is 4. The van der Waals surface area contributed by atoms with E-state index < -0.39 is 56.9 Å². The van der Waals surface area contributed by atoms with E-state index >= 15 is 0 Å². The van der Waals surface area contributed by atoms with E-state index in [1.807, 2.05) is 67.3 Å². The number of benzene rings is 5. The van der Waals surface area contributed by atoms with Gasteiger partial charge < -0.3 is 25.3 Å². The summed E-state index contributed by atoms with van der Waals surface area (Å²) in [6, 6.07) is 25.6. The number of nitrogens with zero attached hydrogens (tertiary/aromatic N) is 1. The van der Waals surface area contributed by atoms with E-state index in [1.165, 1.54) is 0 Å². The Labute approximate surface area is 245 Å². The third kappa shape index (κ3) is 5.27. The van der Waals surface area contributed by atoms with E-state index in [2.05, 4.69) is 0 Å². The first-order valence-corrected chi connectivity index (χ1v) is 13.1. The van der Waals surface area contributed by atoms with Gasteiger partial charge in [0.1, 0.15) is 0 Å². The largest absolute Gasteiger partial charge is 0.478 e. The number of fused-ring (bicyclic) bond motifs is 1. The zero-order valence-corrected chi connectivity index (χ0v) is 23.0. The summed E-state index contributed by atoms with van der Waals surface area (Å²) in [5.74, 6) is -6.12. The third-order valence-electron chi connectivity index (χ3n) is 7.21. The Hall–Kier alpha value is -5.96. The average Bonchev–Trinajstić information content (AvgIpc) is 2.97. The SMILES string of the molecule is Cc1ccc(N(c2ccc(C)cc2)c2ccc(-c3cc(C(=O)O)c4c(C(=O)O)ccc(C(=O)O)c4c3C(=O)O)cc2)cc1. The van der Waals surface area contributed by atoms with Gasteiger partial charge in [-0.15, -0.1) is 0 Å². The monoisotopic (exact) mass is 575 g/mol. The van der Waals surface area contributed by atoms with Crippen molar-refractivity contribution < 1.29 is 39.6 Å².